The summed E-state index contributed by atoms with van der Waals surface area (Å²) in [7, 11) is 1.64. The summed E-state index contributed by atoms with van der Waals surface area (Å²) in [5.74, 6) is 0.784. The van der Waals surface area contributed by atoms with Crippen molar-refractivity contribution in [2.75, 3.05) is 7.11 Å². The van der Waals surface area contributed by atoms with Crippen molar-refractivity contribution in [3.05, 3.63) is 48.2 Å². The third-order valence-corrected chi connectivity index (χ3v) is 2.29. The lowest BCUT2D eigenvalue weighted by atomic mass is 10.1. The number of aryl methyl sites for hydroxylation is 1. The molecule has 2 rings (SSSR count). The van der Waals surface area contributed by atoms with E-state index in [1.165, 1.54) is 5.56 Å². The summed E-state index contributed by atoms with van der Waals surface area (Å²) in [6, 6.07) is 12.2. The highest BCUT2D eigenvalue weighted by Crippen LogP contribution is 2.19. The maximum Gasteiger partial charge on any atom is 0.137 e. The molecule has 1 heterocycles. The molecule has 0 unspecified atom stereocenters. The van der Waals surface area contributed by atoms with Crippen LogP contribution < -0.4 is 4.74 Å². The van der Waals surface area contributed by atoms with E-state index in [0.717, 1.165) is 17.0 Å². The van der Waals surface area contributed by atoms with Crippen LogP contribution in [0.2, 0.25) is 0 Å². The van der Waals surface area contributed by atoms with Gasteiger partial charge in [-0.15, -0.1) is 0 Å². The molecule has 2 heteroatoms. The average molecular weight is 199 g/mol. The lowest BCUT2D eigenvalue weighted by molar-refractivity contribution is 0.413. The van der Waals surface area contributed by atoms with Crippen LogP contribution in [0.15, 0.2) is 42.6 Å². The van der Waals surface area contributed by atoms with Crippen LogP contribution >= 0.6 is 0 Å². The second-order valence-electron chi connectivity index (χ2n) is 3.45. The molecule has 0 saturated heterocycles. The van der Waals surface area contributed by atoms with E-state index in [0.29, 0.717) is 0 Å². The van der Waals surface area contributed by atoms with Crippen LogP contribution in [0.1, 0.15) is 5.56 Å². The molecule has 0 N–H and O–H groups in total. The Labute approximate surface area is 89.6 Å². The van der Waals surface area contributed by atoms with Crippen LogP contribution in [0.3, 0.4) is 0 Å². The van der Waals surface area contributed by atoms with E-state index < -0.39 is 0 Å². The van der Waals surface area contributed by atoms with Gasteiger partial charge in [-0.2, -0.15) is 0 Å². The van der Waals surface area contributed by atoms with Gasteiger partial charge in [0.25, 0.3) is 0 Å². The van der Waals surface area contributed by atoms with E-state index >= 15 is 0 Å². The molecule has 76 valence electrons. The standard InChI is InChI=1S/C13H13NO/c1-10-4-3-5-11(8-10)13-7-6-12(15-2)9-14-13/h3-9H,1-2H3. The van der Waals surface area contributed by atoms with Crippen LogP contribution in [0.5, 0.6) is 5.75 Å². The molecular weight excluding hydrogens is 186 g/mol. The molecule has 1 aromatic carbocycles. The van der Waals surface area contributed by atoms with Gasteiger partial charge in [0.2, 0.25) is 0 Å². The smallest absolute Gasteiger partial charge is 0.137 e. The van der Waals surface area contributed by atoms with Gasteiger partial charge < -0.3 is 4.74 Å². The summed E-state index contributed by atoms with van der Waals surface area (Å²) in [5, 5.41) is 0. The number of aromatic nitrogens is 1. The van der Waals surface area contributed by atoms with Crippen molar-refractivity contribution >= 4 is 0 Å². The summed E-state index contributed by atoms with van der Waals surface area (Å²) in [5.41, 5.74) is 3.35. The zero-order valence-electron chi connectivity index (χ0n) is 8.90. The molecule has 0 radical (unpaired) electrons. The number of ether oxygens (including phenoxy) is 1. The molecule has 0 atom stereocenters. The Kier molecular flexibility index (Phi) is 2.68. The quantitative estimate of drug-likeness (QED) is 0.741. The molecule has 0 fully saturated rings. The maximum atomic E-state index is 5.07. The molecule has 1 aromatic heterocycles. The minimum Gasteiger partial charge on any atom is -0.495 e. The van der Waals surface area contributed by atoms with E-state index in [9.17, 15) is 0 Å². The Balaban J connectivity index is 2.37. The van der Waals surface area contributed by atoms with E-state index in [1.54, 1.807) is 13.3 Å². The first kappa shape index (κ1) is 9.71. The van der Waals surface area contributed by atoms with Gasteiger partial charge in [-0.3, -0.25) is 4.98 Å². The Morgan fingerprint density at radius 3 is 2.60 bits per heavy atom. The molecular formula is C13H13NO. The van der Waals surface area contributed by atoms with Crippen molar-refractivity contribution in [2.24, 2.45) is 0 Å². The van der Waals surface area contributed by atoms with Gasteiger partial charge >= 0.3 is 0 Å². The lowest BCUT2D eigenvalue weighted by Gasteiger charge is -2.03. The zero-order chi connectivity index (χ0) is 10.7. The van der Waals surface area contributed by atoms with Crippen molar-refractivity contribution in [2.45, 2.75) is 6.92 Å². The summed E-state index contributed by atoms with van der Waals surface area (Å²) in [6.45, 7) is 2.08. The monoisotopic (exact) mass is 199 g/mol. The third kappa shape index (κ3) is 2.15. The first-order valence-corrected chi connectivity index (χ1v) is 4.86. The molecule has 0 spiro atoms. The van der Waals surface area contributed by atoms with Crippen molar-refractivity contribution in [3.8, 4) is 17.0 Å². The summed E-state index contributed by atoms with van der Waals surface area (Å²) in [6.07, 6.45) is 1.73. The number of rotatable bonds is 2. The summed E-state index contributed by atoms with van der Waals surface area (Å²) >= 11 is 0. The van der Waals surface area contributed by atoms with Crippen molar-refractivity contribution in [1.29, 1.82) is 0 Å². The van der Waals surface area contributed by atoms with Crippen LogP contribution in [0, 0.1) is 6.92 Å². The second kappa shape index (κ2) is 4.13. The minimum absolute atomic E-state index is 0.784. The Bertz CT molecular complexity index is 448. The second-order valence-corrected chi connectivity index (χ2v) is 3.45. The van der Waals surface area contributed by atoms with Gasteiger partial charge in [0.05, 0.1) is 19.0 Å². The van der Waals surface area contributed by atoms with E-state index in [-0.39, 0.29) is 0 Å². The van der Waals surface area contributed by atoms with Gasteiger partial charge in [0.15, 0.2) is 0 Å². The summed E-state index contributed by atoms with van der Waals surface area (Å²) < 4.78 is 5.07. The van der Waals surface area contributed by atoms with Crippen LogP contribution in [-0.2, 0) is 0 Å². The van der Waals surface area contributed by atoms with Gasteiger partial charge in [-0.25, -0.2) is 0 Å². The third-order valence-electron chi connectivity index (χ3n) is 2.29. The van der Waals surface area contributed by atoms with Gasteiger partial charge in [0, 0.05) is 5.56 Å². The molecule has 15 heavy (non-hydrogen) atoms. The van der Waals surface area contributed by atoms with E-state index in [1.807, 2.05) is 18.2 Å². The highest BCUT2D eigenvalue weighted by molar-refractivity contribution is 5.60. The number of pyridine rings is 1. The highest BCUT2D eigenvalue weighted by Gasteiger charge is 1.99. The van der Waals surface area contributed by atoms with E-state index in [2.05, 4.69) is 30.1 Å². The number of hydrogen-bond acceptors (Lipinski definition) is 2. The fraction of sp³-hybridized carbons (Fsp3) is 0.154. The van der Waals surface area contributed by atoms with Gasteiger partial charge in [0.1, 0.15) is 5.75 Å². The van der Waals surface area contributed by atoms with Crippen LogP contribution in [0.25, 0.3) is 11.3 Å². The fourth-order valence-corrected chi connectivity index (χ4v) is 1.48. The van der Waals surface area contributed by atoms with Crippen LogP contribution in [-0.4, -0.2) is 12.1 Å². The number of nitrogens with zero attached hydrogens (tertiary/aromatic N) is 1. The first-order valence-electron chi connectivity index (χ1n) is 4.86. The van der Waals surface area contributed by atoms with Crippen molar-refractivity contribution in [1.82, 2.24) is 4.98 Å². The van der Waals surface area contributed by atoms with Gasteiger partial charge in [-0.1, -0.05) is 23.8 Å². The van der Waals surface area contributed by atoms with Crippen molar-refractivity contribution in [3.63, 3.8) is 0 Å². The molecule has 2 aromatic rings. The van der Waals surface area contributed by atoms with Crippen LogP contribution in [0.4, 0.5) is 0 Å². The molecule has 0 aliphatic rings. The van der Waals surface area contributed by atoms with Gasteiger partial charge in [-0.05, 0) is 25.1 Å². The Morgan fingerprint density at radius 2 is 2.00 bits per heavy atom. The van der Waals surface area contributed by atoms with E-state index in [4.69, 9.17) is 4.74 Å². The Hall–Kier alpha value is -1.83. The maximum absolute atomic E-state index is 5.07. The summed E-state index contributed by atoms with van der Waals surface area (Å²) in [4.78, 5) is 4.34. The predicted molar refractivity (Wildman–Crippen MR) is 61.0 cm³/mol. The topological polar surface area (TPSA) is 22.1 Å². The average Bonchev–Trinajstić information content (AvgIpc) is 2.29. The lowest BCUT2D eigenvalue weighted by Crippen LogP contribution is -1.87. The minimum atomic E-state index is 0.784. The molecule has 0 aliphatic carbocycles. The molecule has 0 bridgehead atoms. The number of benzene rings is 1. The normalized spacial score (nSPS) is 10.0. The molecule has 2 nitrogen and oxygen atoms in total. The largest absolute Gasteiger partial charge is 0.495 e. The number of hydrogen-bond donors (Lipinski definition) is 0. The molecule has 0 aliphatic heterocycles. The predicted octanol–water partition coefficient (Wildman–Crippen LogP) is 3.07. The molecule has 0 saturated carbocycles. The molecule has 0 amide bonds. The first-order chi connectivity index (χ1) is 7.29. The fourth-order valence-electron chi connectivity index (χ4n) is 1.48. The number of methoxy groups -OCH3 is 1. The zero-order valence-corrected chi connectivity index (χ0v) is 8.90. The van der Waals surface area contributed by atoms with Crippen molar-refractivity contribution < 1.29 is 4.74 Å². The SMILES string of the molecule is COc1ccc(-c2cccc(C)c2)nc1. The highest BCUT2D eigenvalue weighted by atomic mass is 16.5. The Morgan fingerprint density at radius 1 is 1.13 bits per heavy atom.